The van der Waals surface area contributed by atoms with Crippen LogP contribution in [0.15, 0.2) is 54.6 Å². The van der Waals surface area contributed by atoms with Gasteiger partial charge >= 0.3 is 0 Å². The SMILES string of the molecule is Cc1ccc(-n2nc(C(=O)NCCCO)nc2-c2ccccc2)cc1. The maximum atomic E-state index is 12.3. The average molecular weight is 336 g/mol. The Bertz CT molecular complexity index is 842. The zero-order valence-corrected chi connectivity index (χ0v) is 14.0. The number of benzene rings is 2. The smallest absolute Gasteiger partial charge is 0.290 e. The van der Waals surface area contributed by atoms with E-state index >= 15 is 0 Å². The topological polar surface area (TPSA) is 80.0 Å². The predicted molar refractivity (Wildman–Crippen MR) is 95.6 cm³/mol. The zero-order chi connectivity index (χ0) is 17.6. The molecule has 25 heavy (non-hydrogen) atoms. The maximum Gasteiger partial charge on any atom is 0.290 e. The van der Waals surface area contributed by atoms with Gasteiger partial charge in [-0.1, -0.05) is 48.0 Å². The second-order valence-electron chi connectivity index (χ2n) is 5.71. The third kappa shape index (κ3) is 3.92. The Balaban J connectivity index is 2.00. The lowest BCUT2D eigenvalue weighted by atomic mass is 10.2. The molecule has 3 aromatic rings. The van der Waals surface area contributed by atoms with Gasteiger partial charge in [0.1, 0.15) is 0 Å². The molecule has 1 heterocycles. The molecule has 0 atom stereocenters. The molecule has 1 amide bonds. The van der Waals surface area contributed by atoms with Gasteiger partial charge in [-0.3, -0.25) is 4.79 Å². The molecule has 0 spiro atoms. The summed E-state index contributed by atoms with van der Waals surface area (Å²) in [6.45, 7) is 2.43. The standard InChI is InChI=1S/C19H20N4O2/c1-14-8-10-16(11-9-14)23-18(15-6-3-2-4-7-15)21-17(22-23)19(25)20-12-5-13-24/h2-4,6-11,24H,5,12-13H2,1H3,(H,20,25). The zero-order valence-electron chi connectivity index (χ0n) is 14.0. The van der Waals surface area contributed by atoms with E-state index in [0.717, 1.165) is 16.8 Å². The van der Waals surface area contributed by atoms with Gasteiger partial charge in [0.05, 0.1) is 5.69 Å². The Morgan fingerprint density at radius 3 is 2.52 bits per heavy atom. The highest BCUT2D eigenvalue weighted by atomic mass is 16.3. The van der Waals surface area contributed by atoms with Crippen LogP contribution in [-0.2, 0) is 0 Å². The molecule has 0 fully saturated rings. The highest BCUT2D eigenvalue weighted by Gasteiger charge is 2.18. The summed E-state index contributed by atoms with van der Waals surface area (Å²) in [6.07, 6.45) is 0.496. The minimum absolute atomic E-state index is 0.0286. The largest absolute Gasteiger partial charge is 0.396 e. The Hall–Kier alpha value is -2.99. The molecule has 0 aliphatic carbocycles. The quantitative estimate of drug-likeness (QED) is 0.677. The minimum atomic E-state index is -0.350. The van der Waals surface area contributed by atoms with Crippen molar-refractivity contribution in [2.24, 2.45) is 0 Å². The first kappa shape index (κ1) is 16.9. The van der Waals surface area contributed by atoms with E-state index in [1.807, 2.05) is 61.5 Å². The summed E-state index contributed by atoms with van der Waals surface area (Å²) in [6, 6.07) is 17.5. The number of rotatable bonds is 6. The van der Waals surface area contributed by atoms with E-state index in [0.29, 0.717) is 18.8 Å². The monoisotopic (exact) mass is 336 g/mol. The Kier molecular flexibility index (Phi) is 5.20. The third-order valence-corrected chi connectivity index (χ3v) is 3.74. The van der Waals surface area contributed by atoms with Crippen LogP contribution in [-0.4, -0.2) is 38.9 Å². The van der Waals surface area contributed by atoms with Gasteiger partial charge in [-0.05, 0) is 25.5 Å². The summed E-state index contributed by atoms with van der Waals surface area (Å²) in [5.74, 6) is 0.366. The second kappa shape index (κ2) is 7.72. The number of aliphatic hydroxyl groups excluding tert-OH is 1. The molecule has 0 aliphatic rings. The second-order valence-corrected chi connectivity index (χ2v) is 5.71. The number of aliphatic hydroxyl groups is 1. The van der Waals surface area contributed by atoms with Gasteiger partial charge < -0.3 is 10.4 Å². The fourth-order valence-electron chi connectivity index (χ4n) is 2.41. The van der Waals surface area contributed by atoms with Crippen molar-refractivity contribution in [1.29, 1.82) is 0 Å². The average Bonchev–Trinajstić information content (AvgIpc) is 3.09. The van der Waals surface area contributed by atoms with E-state index < -0.39 is 0 Å². The molecule has 6 nitrogen and oxygen atoms in total. The molecule has 128 valence electrons. The number of hydrogen-bond acceptors (Lipinski definition) is 4. The minimum Gasteiger partial charge on any atom is -0.396 e. The molecule has 6 heteroatoms. The van der Waals surface area contributed by atoms with Crippen LogP contribution in [0.25, 0.3) is 17.1 Å². The summed E-state index contributed by atoms with van der Waals surface area (Å²) in [5.41, 5.74) is 2.86. The molecule has 2 N–H and O–H groups in total. The number of aromatic nitrogens is 3. The molecule has 0 radical (unpaired) electrons. The van der Waals surface area contributed by atoms with Gasteiger partial charge in [0.15, 0.2) is 5.82 Å². The number of aryl methyl sites for hydroxylation is 1. The van der Waals surface area contributed by atoms with E-state index in [4.69, 9.17) is 5.11 Å². The van der Waals surface area contributed by atoms with Crippen molar-refractivity contribution >= 4 is 5.91 Å². The van der Waals surface area contributed by atoms with Crippen molar-refractivity contribution in [2.75, 3.05) is 13.2 Å². The lowest BCUT2D eigenvalue weighted by Gasteiger charge is -2.06. The van der Waals surface area contributed by atoms with E-state index in [9.17, 15) is 4.79 Å². The Morgan fingerprint density at radius 1 is 1.12 bits per heavy atom. The Morgan fingerprint density at radius 2 is 1.84 bits per heavy atom. The first-order valence-electron chi connectivity index (χ1n) is 8.17. The highest BCUT2D eigenvalue weighted by molar-refractivity contribution is 5.91. The van der Waals surface area contributed by atoms with E-state index in [-0.39, 0.29) is 18.3 Å². The van der Waals surface area contributed by atoms with Crippen LogP contribution >= 0.6 is 0 Å². The first-order valence-corrected chi connectivity index (χ1v) is 8.17. The van der Waals surface area contributed by atoms with Crippen LogP contribution in [0.3, 0.4) is 0 Å². The number of hydrogen-bond donors (Lipinski definition) is 2. The van der Waals surface area contributed by atoms with E-state index in [2.05, 4.69) is 15.4 Å². The first-order chi connectivity index (χ1) is 12.2. The summed E-state index contributed by atoms with van der Waals surface area (Å²) < 4.78 is 1.68. The lowest BCUT2D eigenvalue weighted by Crippen LogP contribution is -2.26. The molecule has 3 rings (SSSR count). The van der Waals surface area contributed by atoms with Crippen LogP contribution < -0.4 is 5.32 Å². The molecule has 0 unspecified atom stereocenters. The van der Waals surface area contributed by atoms with Crippen LogP contribution in [0.2, 0.25) is 0 Å². The highest BCUT2D eigenvalue weighted by Crippen LogP contribution is 2.21. The summed E-state index contributed by atoms with van der Waals surface area (Å²) in [7, 11) is 0. The van der Waals surface area contributed by atoms with Crippen molar-refractivity contribution in [3.63, 3.8) is 0 Å². The molecule has 0 saturated carbocycles. The van der Waals surface area contributed by atoms with Crippen molar-refractivity contribution < 1.29 is 9.90 Å². The number of nitrogens with one attached hydrogen (secondary N) is 1. The van der Waals surface area contributed by atoms with Crippen molar-refractivity contribution in [2.45, 2.75) is 13.3 Å². The fraction of sp³-hybridized carbons (Fsp3) is 0.211. The molecular formula is C19H20N4O2. The molecule has 2 aromatic carbocycles. The molecule has 1 aromatic heterocycles. The van der Waals surface area contributed by atoms with Crippen molar-refractivity contribution in [3.8, 4) is 17.1 Å². The summed E-state index contributed by atoms with van der Waals surface area (Å²) in [4.78, 5) is 16.7. The van der Waals surface area contributed by atoms with Gasteiger partial charge in [-0.2, -0.15) is 0 Å². The van der Waals surface area contributed by atoms with Crippen LogP contribution in [0.5, 0.6) is 0 Å². The maximum absolute atomic E-state index is 12.3. The lowest BCUT2D eigenvalue weighted by molar-refractivity contribution is 0.0941. The molecule has 0 saturated heterocycles. The normalized spacial score (nSPS) is 10.6. The molecule has 0 bridgehead atoms. The summed E-state index contributed by atoms with van der Waals surface area (Å²) in [5, 5.41) is 15.9. The molecule has 0 aliphatic heterocycles. The van der Waals surface area contributed by atoms with Gasteiger partial charge in [-0.15, -0.1) is 5.10 Å². The third-order valence-electron chi connectivity index (χ3n) is 3.74. The summed E-state index contributed by atoms with van der Waals surface area (Å²) >= 11 is 0. The molecular weight excluding hydrogens is 316 g/mol. The number of carbonyl (C=O) groups excluding carboxylic acids is 1. The van der Waals surface area contributed by atoms with Crippen LogP contribution in [0.1, 0.15) is 22.6 Å². The van der Waals surface area contributed by atoms with Crippen LogP contribution in [0, 0.1) is 6.92 Å². The number of nitrogens with zero attached hydrogens (tertiary/aromatic N) is 3. The van der Waals surface area contributed by atoms with Crippen LogP contribution in [0.4, 0.5) is 0 Å². The number of amides is 1. The number of carbonyl (C=O) groups is 1. The van der Waals surface area contributed by atoms with Gasteiger partial charge in [0.25, 0.3) is 5.91 Å². The van der Waals surface area contributed by atoms with Gasteiger partial charge in [0, 0.05) is 18.7 Å². The Labute approximate surface area is 146 Å². The van der Waals surface area contributed by atoms with Gasteiger partial charge in [-0.25, -0.2) is 9.67 Å². The van der Waals surface area contributed by atoms with E-state index in [1.165, 1.54) is 0 Å². The van der Waals surface area contributed by atoms with Gasteiger partial charge in [0.2, 0.25) is 5.82 Å². The van der Waals surface area contributed by atoms with E-state index in [1.54, 1.807) is 4.68 Å². The fourth-order valence-corrected chi connectivity index (χ4v) is 2.41. The predicted octanol–water partition coefficient (Wildman–Crippen LogP) is 2.35. The van der Waals surface area contributed by atoms with Crippen molar-refractivity contribution in [1.82, 2.24) is 20.1 Å². The van der Waals surface area contributed by atoms with Crippen molar-refractivity contribution in [3.05, 3.63) is 66.0 Å².